The summed E-state index contributed by atoms with van der Waals surface area (Å²) in [6.45, 7) is 9.70. The van der Waals surface area contributed by atoms with Gasteiger partial charge in [0.25, 0.3) is 0 Å². The highest BCUT2D eigenvalue weighted by molar-refractivity contribution is 5.95. The van der Waals surface area contributed by atoms with Crippen LogP contribution < -0.4 is 20.7 Å². The van der Waals surface area contributed by atoms with Crippen LogP contribution in [0.5, 0.6) is 5.75 Å². The average molecular weight is 560 g/mol. The smallest absolute Gasteiger partial charge is 0.329 e. The first-order chi connectivity index (χ1) is 19.5. The lowest BCUT2D eigenvalue weighted by molar-refractivity contribution is -0.158. The Bertz CT molecular complexity index is 1260. The minimum Gasteiger partial charge on any atom is -0.489 e. The van der Waals surface area contributed by atoms with Crippen LogP contribution in [-0.2, 0) is 27.4 Å². The second-order valence-corrected chi connectivity index (χ2v) is 11.4. The highest BCUT2D eigenvalue weighted by Gasteiger charge is 2.30. The van der Waals surface area contributed by atoms with Crippen LogP contribution in [0.1, 0.15) is 52.2 Å². The third-order valence-corrected chi connectivity index (χ3v) is 5.98. The molecule has 3 rings (SSSR count). The van der Waals surface area contributed by atoms with Crippen LogP contribution in [0.4, 0.5) is 10.5 Å². The number of ether oxygens (including phenoxy) is 2. The fourth-order valence-electron chi connectivity index (χ4n) is 4.09. The standard InChI is InChI=1S/C33H41N3O5/c1-23(2)20-28(36-32(39)34-26-14-10-7-11-15-26)30(37)35-29(31(38)41-33(3,4)5)21-24-16-18-27(19-17-24)40-22-25-12-8-6-9-13-25/h6-19,23,28-29H,20-22H2,1-5H3,(H,35,37)(H2,34,36,39)/t28-,29-/m0/s1. The van der Waals surface area contributed by atoms with E-state index in [9.17, 15) is 14.4 Å². The van der Waals surface area contributed by atoms with Crippen molar-refractivity contribution in [2.24, 2.45) is 5.92 Å². The fraction of sp³-hybridized carbons (Fsp3) is 0.364. The van der Waals surface area contributed by atoms with E-state index in [0.717, 1.165) is 11.1 Å². The summed E-state index contributed by atoms with van der Waals surface area (Å²) < 4.78 is 11.5. The molecule has 0 unspecified atom stereocenters. The SMILES string of the molecule is CC(C)C[C@H](NC(=O)Nc1ccccc1)C(=O)N[C@@H](Cc1ccc(OCc2ccccc2)cc1)C(=O)OC(C)(C)C. The van der Waals surface area contributed by atoms with Crippen molar-refractivity contribution in [3.05, 3.63) is 96.1 Å². The number of hydrogen-bond acceptors (Lipinski definition) is 5. The van der Waals surface area contributed by atoms with Crippen molar-refractivity contribution >= 4 is 23.6 Å². The Morgan fingerprint density at radius 1 is 0.756 bits per heavy atom. The molecule has 218 valence electrons. The number of amides is 3. The molecule has 0 fully saturated rings. The monoisotopic (exact) mass is 559 g/mol. The van der Waals surface area contributed by atoms with Gasteiger partial charge in [-0.1, -0.05) is 74.5 Å². The number of carbonyl (C=O) groups excluding carboxylic acids is 3. The Kier molecular flexibility index (Phi) is 11.3. The van der Waals surface area contributed by atoms with E-state index in [4.69, 9.17) is 9.47 Å². The molecule has 41 heavy (non-hydrogen) atoms. The van der Waals surface area contributed by atoms with Gasteiger partial charge in [0.05, 0.1) is 0 Å². The highest BCUT2D eigenvalue weighted by atomic mass is 16.6. The molecule has 3 aromatic rings. The van der Waals surface area contributed by atoms with Crippen molar-refractivity contribution in [3.63, 3.8) is 0 Å². The highest BCUT2D eigenvalue weighted by Crippen LogP contribution is 2.17. The van der Waals surface area contributed by atoms with E-state index in [1.54, 1.807) is 45.0 Å². The maximum absolute atomic E-state index is 13.4. The zero-order valence-electron chi connectivity index (χ0n) is 24.5. The van der Waals surface area contributed by atoms with Gasteiger partial charge in [0.2, 0.25) is 5.91 Å². The van der Waals surface area contributed by atoms with E-state index >= 15 is 0 Å². The number of urea groups is 1. The lowest BCUT2D eigenvalue weighted by atomic mass is 10.0. The molecule has 8 nitrogen and oxygen atoms in total. The van der Waals surface area contributed by atoms with Gasteiger partial charge in [-0.05, 0) is 68.5 Å². The van der Waals surface area contributed by atoms with E-state index in [-0.39, 0.29) is 12.3 Å². The quantitative estimate of drug-likeness (QED) is 0.241. The molecular formula is C33H41N3O5. The van der Waals surface area contributed by atoms with E-state index in [1.165, 1.54) is 0 Å². The number of rotatable bonds is 12. The van der Waals surface area contributed by atoms with E-state index in [2.05, 4.69) is 16.0 Å². The van der Waals surface area contributed by atoms with Crippen LogP contribution >= 0.6 is 0 Å². The van der Waals surface area contributed by atoms with Crippen LogP contribution in [0.25, 0.3) is 0 Å². The molecule has 0 aliphatic heterocycles. The summed E-state index contributed by atoms with van der Waals surface area (Å²) in [5.41, 5.74) is 1.76. The average Bonchev–Trinajstić information content (AvgIpc) is 2.92. The number of para-hydroxylation sites is 1. The predicted molar refractivity (Wildman–Crippen MR) is 161 cm³/mol. The number of nitrogens with one attached hydrogen (secondary N) is 3. The van der Waals surface area contributed by atoms with Crippen LogP contribution in [-0.4, -0.2) is 35.6 Å². The number of carbonyl (C=O) groups is 3. The third-order valence-electron chi connectivity index (χ3n) is 5.98. The largest absolute Gasteiger partial charge is 0.489 e. The molecule has 0 saturated heterocycles. The number of anilines is 1. The topological polar surface area (TPSA) is 106 Å². The van der Waals surface area contributed by atoms with Crippen LogP contribution in [0.2, 0.25) is 0 Å². The molecule has 0 radical (unpaired) electrons. The molecular weight excluding hydrogens is 518 g/mol. The molecule has 0 aliphatic carbocycles. The molecule has 0 aromatic heterocycles. The summed E-state index contributed by atoms with van der Waals surface area (Å²) in [6.07, 6.45) is 0.604. The van der Waals surface area contributed by atoms with Crippen molar-refractivity contribution < 1.29 is 23.9 Å². The van der Waals surface area contributed by atoms with E-state index < -0.39 is 35.6 Å². The summed E-state index contributed by atoms with van der Waals surface area (Å²) in [6, 6.07) is 23.9. The molecule has 2 atom stereocenters. The summed E-state index contributed by atoms with van der Waals surface area (Å²) in [7, 11) is 0. The number of benzene rings is 3. The summed E-state index contributed by atoms with van der Waals surface area (Å²) in [4.78, 5) is 39.3. The first kappa shape index (κ1) is 31.2. The van der Waals surface area contributed by atoms with Gasteiger partial charge < -0.3 is 25.4 Å². The maximum atomic E-state index is 13.4. The molecule has 0 saturated carbocycles. The normalized spacial score (nSPS) is 12.6. The third kappa shape index (κ3) is 11.4. The second kappa shape index (κ2) is 14.9. The van der Waals surface area contributed by atoms with Crippen molar-refractivity contribution in [2.45, 2.75) is 71.8 Å². The lowest BCUT2D eigenvalue weighted by Gasteiger charge is -2.27. The van der Waals surface area contributed by atoms with E-state index in [0.29, 0.717) is 24.5 Å². The van der Waals surface area contributed by atoms with Crippen molar-refractivity contribution in [1.29, 1.82) is 0 Å². The van der Waals surface area contributed by atoms with Gasteiger partial charge in [0, 0.05) is 12.1 Å². The van der Waals surface area contributed by atoms with Crippen LogP contribution in [0.3, 0.4) is 0 Å². The van der Waals surface area contributed by atoms with Gasteiger partial charge in [-0.25, -0.2) is 9.59 Å². The first-order valence-corrected chi connectivity index (χ1v) is 13.9. The molecule has 3 aromatic carbocycles. The summed E-state index contributed by atoms with van der Waals surface area (Å²) >= 11 is 0. The molecule has 3 N–H and O–H groups in total. The second-order valence-electron chi connectivity index (χ2n) is 11.4. The summed E-state index contributed by atoms with van der Waals surface area (Å²) in [5.74, 6) is -0.194. The molecule has 0 bridgehead atoms. The van der Waals surface area contributed by atoms with E-state index in [1.807, 2.05) is 74.5 Å². The minimum absolute atomic E-state index is 0.117. The Balaban J connectivity index is 1.70. The minimum atomic E-state index is -0.952. The summed E-state index contributed by atoms with van der Waals surface area (Å²) in [5, 5.41) is 8.33. The van der Waals surface area contributed by atoms with Crippen LogP contribution in [0, 0.1) is 5.92 Å². The number of hydrogen-bond donors (Lipinski definition) is 3. The number of esters is 1. The fourth-order valence-corrected chi connectivity index (χ4v) is 4.09. The van der Waals surface area contributed by atoms with Crippen molar-refractivity contribution in [3.8, 4) is 5.75 Å². The van der Waals surface area contributed by atoms with Crippen molar-refractivity contribution in [1.82, 2.24) is 10.6 Å². The van der Waals surface area contributed by atoms with Gasteiger partial charge in [-0.15, -0.1) is 0 Å². The molecule has 0 aliphatic rings. The van der Waals surface area contributed by atoms with Crippen molar-refractivity contribution in [2.75, 3.05) is 5.32 Å². The first-order valence-electron chi connectivity index (χ1n) is 13.9. The molecule has 8 heteroatoms. The van der Waals surface area contributed by atoms with Gasteiger partial charge >= 0.3 is 12.0 Å². The lowest BCUT2D eigenvalue weighted by Crippen LogP contribution is -2.54. The van der Waals surface area contributed by atoms with Crippen LogP contribution in [0.15, 0.2) is 84.9 Å². The predicted octanol–water partition coefficient (Wildman–Crippen LogP) is 5.87. The zero-order chi connectivity index (χ0) is 29.8. The van der Waals surface area contributed by atoms with Gasteiger partial charge in [0.15, 0.2) is 0 Å². The molecule has 0 spiro atoms. The Morgan fingerprint density at radius 2 is 1.37 bits per heavy atom. The van der Waals surface area contributed by atoms with Gasteiger partial charge in [-0.2, -0.15) is 0 Å². The Labute approximate surface area is 242 Å². The Hall–Kier alpha value is -4.33. The molecule has 3 amide bonds. The zero-order valence-corrected chi connectivity index (χ0v) is 24.5. The van der Waals surface area contributed by atoms with Gasteiger partial charge in [-0.3, -0.25) is 4.79 Å². The van der Waals surface area contributed by atoms with Gasteiger partial charge in [0.1, 0.15) is 30.0 Å². The molecule has 0 heterocycles. The Morgan fingerprint density at radius 3 is 1.95 bits per heavy atom. The maximum Gasteiger partial charge on any atom is 0.329 e.